The highest BCUT2D eigenvalue weighted by Crippen LogP contribution is 2.37. The lowest BCUT2D eigenvalue weighted by Crippen LogP contribution is -1.98. The Morgan fingerprint density at radius 3 is 2.46 bits per heavy atom. The summed E-state index contributed by atoms with van der Waals surface area (Å²) in [7, 11) is 1.75. The molecule has 1 rings (SSSR count). The lowest BCUT2D eigenvalue weighted by atomic mass is 10.3. The predicted octanol–water partition coefficient (Wildman–Crippen LogP) is 3.20. The minimum absolute atomic E-state index is 0.0697. The minimum Gasteiger partial charge on any atom is -0.353 e. The quantitative estimate of drug-likeness (QED) is 0.677. The fourth-order valence-electron chi connectivity index (χ4n) is 1.12. The molecule has 0 N–H and O–H groups in total. The van der Waals surface area contributed by atoms with Crippen LogP contribution in [0.5, 0.6) is 0 Å². The van der Waals surface area contributed by atoms with Gasteiger partial charge in [0.1, 0.15) is 0 Å². The van der Waals surface area contributed by atoms with E-state index < -0.39 is 5.51 Å². The topological polar surface area (TPSA) is 4.93 Å². The second-order valence-corrected chi connectivity index (χ2v) is 3.82. The van der Waals surface area contributed by atoms with Crippen molar-refractivity contribution in [2.24, 2.45) is 7.05 Å². The summed E-state index contributed by atoms with van der Waals surface area (Å²) >= 11 is -0.0697. The van der Waals surface area contributed by atoms with Crippen molar-refractivity contribution in [2.75, 3.05) is 0 Å². The summed E-state index contributed by atoms with van der Waals surface area (Å²) in [5, 5.41) is 0. The molecule has 0 amide bonds. The molecule has 0 saturated carbocycles. The molecular weight excluding hydrogens is 199 g/mol. The highest BCUT2D eigenvalue weighted by molar-refractivity contribution is 8.00. The third kappa shape index (κ3) is 2.99. The Balaban J connectivity index is 2.80. The van der Waals surface area contributed by atoms with Crippen LogP contribution in [-0.2, 0) is 13.5 Å². The standard InChI is InChI=1S/C8H10F3NS/c1-3-6-4-7(5-12(6)2)13-8(9,10)11/h4-5H,3H2,1-2H3. The number of thioether (sulfide) groups is 1. The maximum Gasteiger partial charge on any atom is 0.446 e. The molecule has 0 bridgehead atoms. The summed E-state index contributed by atoms with van der Waals surface area (Å²) in [5.74, 6) is 0. The molecule has 0 atom stereocenters. The van der Waals surface area contributed by atoms with Crippen molar-refractivity contribution in [1.82, 2.24) is 4.57 Å². The van der Waals surface area contributed by atoms with E-state index in [0.717, 1.165) is 12.1 Å². The highest BCUT2D eigenvalue weighted by Gasteiger charge is 2.29. The number of alkyl halides is 3. The van der Waals surface area contributed by atoms with Gasteiger partial charge < -0.3 is 4.57 Å². The van der Waals surface area contributed by atoms with Crippen molar-refractivity contribution in [3.05, 3.63) is 18.0 Å². The highest BCUT2D eigenvalue weighted by atomic mass is 32.2. The third-order valence-corrected chi connectivity index (χ3v) is 2.37. The zero-order chi connectivity index (χ0) is 10.1. The zero-order valence-electron chi connectivity index (χ0n) is 7.35. The van der Waals surface area contributed by atoms with Gasteiger partial charge in [0, 0.05) is 23.8 Å². The van der Waals surface area contributed by atoms with E-state index >= 15 is 0 Å². The van der Waals surface area contributed by atoms with Gasteiger partial charge in [-0.05, 0) is 24.2 Å². The molecule has 1 aromatic heterocycles. The van der Waals surface area contributed by atoms with E-state index in [9.17, 15) is 13.2 Å². The molecule has 1 heterocycles. The summed E-state index contributed by atoms with van der Waals surface area (Å²) in [6.45, 7) is 1.91. The van der Waals surface area contributed by atoms with Crippen LogP contribution >= 0.6 is 11.8 Å². The zero-order valence-corrected chi connectivity index (χ0v) is 8.17. The second kappa shape index (κ2) is 3.65. The molecule has 13 heavy (non-hydrogen) atoms. The molecule has 0 saturated heterocycles. The number of hydrogen-bond acceptors (Lipinski definition) is 1. The van der Waals surface area contributed by atoms with E-state index in [1.807, 2.05) is 6.92 Å². The van der Waals surface area contributed by atoms with Crippen LogP contribution in [0.25, 0.3) is 0 Å². The lowest BCUT2D eigenvalue weighted by molar-refractivity contribution is -0.0328. The molecule has 0 aliphatic carbocycles. The van der Waals surface area contributed by atoms with E-state index in [1.54, 1.807) is 17.7 Å². The first-order valence-corrected chi connectivity index (χ1v) is 4.65. The van der Waals surface area contributed by atoms with Crippen LogP contribution in [0.15, 0.2) is 17.2 Å². The molecule has 0 spiro atoms. The SMILES string of the molecule is CCc1cc(SC(F)(F)F)cn1C. The molecule has 74 valence electrons. The Morgan fingerprint density at radius 1 is 1.46 bits per heavy atom. The monoisotopic (exact) mass is 209 g/mol. The summed E-state index contributed by atoms with van der Waals surface area (Å²) in [6.07, 6.45) is 2.24. The largest absolute Gasteiger partial charge is 0.446 e. The average molecular weight is 209 g/mol. The molecule has 0 aliphatic rings. The second-order valence-electron chi connectivity index (χ2n) is 2.68. The predicted molar refractivity (Wildman–Crippen MR) is 46.7 cm³/mol. The molecular formula is C8H10F3NS. The normalized spacial score (nSPS) is 12.1. The van der Waals surface area contributed by atoms with Gasteiger partial charge in [-0.15, -0.1) is 0 Å². The van der Waals surface area contributed by atoms with Crippen LogP contribution < -0.4 is 0 Å². The van der Waals surface area contributed by atoms with Crippen molar-refractivity contribution in [2.45, 2.75) is 23.7 Å². The van der Waals surface area contributed by atoms with Crippen LogP contribution in [0.4, 0.5) is 13.2 Å². The van der Waals surface area contributed by atoms with E-state index in [-0.39, 0.29) is 16.7 Å². The Hall–Kier alpha value is -0.580. The molecule has 0 radical (unpaired) electrons. The van der Waals surface area contributed by atoms with Crippen molar-refractivity contribution in [1.29, 1.82) is 0 Å². The average Bonchev–Trinajstić information content (AvgIpc) is 2.26. The smallest absolute Gasteiger partial charge is 0.353 e. The van der Waals surface area contributed by atoms with Gasteiger partial charge in [0.15, 0.2) is 0 Å². The van der Waals surface area contributed by atoms with Crippen LogP contribution in [0.1, 0.15) is 12.6 Å². The fourth-order valence-corrected chi connectivity index (χ4v) is 1.79. The van der Waals surface area contributed by atoms with Gasteiger partial charge in [0.2, 0.25) is 0 Å². The first-order chi connectivity index (χ1) is 5.92. The van der Waals surface area contributed by atoms with Crippen LogP contribution in [0, 0.1) is 0 Å². The van der Waals surface area contributed by atoms with Gasteiger partial charge in [-0.25, -0.2) is 0 Å². The van der Waals surface area contributed by atoms with Crippen molar-refractivity contribution in [3.63, 3.8) is 0 Å². The lowest BCUT2D eigenvalue weighted by Gasteiger charge is -2.01. The van der Waals surface area contributed by atoms with Gasteiger partial charge in [0.25, 0.3) is 0 Å². The van der Waals surface area contributed by atoms with Crippen LogP contribution in [0.3, 0.4) is 0 Å². The first kappa shape index (κ1) is 10.5. The molecule has 0 aromatic carbocycles. The Kier molecular flexibility index (Phi) is 2.95. The maximum atomic E-state index is 11.9. The number of hydrogen-bond donors (Lipinski definition) is 0. The van der Waals surface area contributed by atoms with E-state index in [0.29, 0.717) is 0 Å². The third-order valence-electron chi connectivity index (χ3n) is 1.68. The number of nitrogens with zero attached hydrogens (tertiary/aromatic N) is 1. The van der Waals surface area contributed by atoms with E-state index in [2.05, 4.69) is 0 Å². The van der Waals surface area contributed by atoms with Crippen LogP contribution in [-0.4, -0.2) is 10.1 Å². The van der Waals surface area contributed by atoms with E-state index in [1.165, 1.54) is 6.20 Å². The maximum absolute atomic E-state index is 11.9. The van der Waals surface area contributed by atoms with E-state index in [4.69, 9.17) is 0 Å². The molecule has 1 aromatic rings. The molecule has 5 heteroatoms. The summed E-state index contributed by atoms with van der Waals surface area (Å²) in [4.78, 5) is 0.256. The summed E-state index contributed by atoms with van der Waals surface area (Å²) in [6, 6.07) is 1.57. The van der Waals surface area contributed by atoms with Gasteiger partial charge in [-0.1, -0.05) is 6.92 Å². The molecule has 0 aliphatic heterocycles. The van der Waals surface area contributed by atoms with Crippen molar-refractivity contribution >= 4 is 11.8 Å². The minimum atomic E-state index is -4.19. The fraction of sp³-hybridized carbons (Fsp3) is 0.500. The number of rotatable bonds is 2. The van der Waals surface area contributed by atoms with Crippen molar-refractivity contribution < 1.29 is 13.2 Å². The Labute approximate surface area is 78.9 Å². The molecule has 0 fully saturated rings. The van der Waals surface area contributed by atoms with Crippen LogP contribution in [0.2, 0.25) is 0 Å². The summed E-state index contributed by atoms with van der Waals surface area (Å²) in [5.41, 5.74) is -3.28. The number of halogens is 3. The molecule has 0 unspecified atom stereocenters. The molecule has 1 nitrogen and oxygen atoms in total. The number of aromatic nitrogens is 1. The summed E-state index contributed by atoms with van der Waals surface area (Å²) < 4.78 is 37.5. The Bertz CT molecular complexity index is 290. The first-order valence-electron chi connectivity index (χ1n) is 3.83. The van der Waals surface area contributed by atoms with Gasteiger partial charge >= 0.3 is 5.51 Å². The van der Waals surface area contributed by atoms with Gasteiger partial charge in [-0.2, -0.15) is 13.2 Å². The van der Waals surface area contributed by atoms with Gasteiger partial charge in [0.05, 0.1) is 0 Å². The Morgan fingerprint density at radius 2 is 2.08 bits per heavy atom. The van der Waals surface area contributed by atoms with Gasteiger partial charge in [-0.3, -0.25) is 0 Å². The number of aryl methyl sites for hydroxylation is 2. The van der Waals surface area contributed by atoms with Crippen molar-refractivity contribution in [3.8, 4) is 0 Å².